The van der Waals surface area contributed by atoms with Gasteiger partial charge in [-0.2, -0.15) is 4.39 Å². The number of aryl methyl sites for hydroxylation is 2. The van der Waals surface area contributed by atoms with E-state index in [9.17, 15) is 17.6 Å². The lowest BCUT2D eigenvalue weighted by Crippen LogP contribution is -2.25. The smallest absolute Gasteiger partial charge is 0.201 e. The fourth-order valence-corrected chi connectivity index (χ4v) is 4.86. The van der Waals surface area contributed by atoms with Crippen molar-refractivity contribution in [3.63, 3.8) is 0 Å². The Balaban J connectivity index is 1.37. The Kier molecular flexibility index (Phi) is 8.68. The molecule has 3 aromatic carbocycles. The van der Waals surface area contributed by atoms with E-state index >= 15 is 0 Å². The number of hydrogen-bond donors (Lipinski definition) is 0. The van der Waals surface area contributed by atoms with Crippen molar-refractivity contribution in [1.29, 1.82) is 0 Å². The Bertz CT molecular complexity index is 1170. The van der Waals surface area contributed by atoms with Crippen LogP contribution in [-0.2, 0) is 17.6 Å². The minimum Gasteiger partial charge on any atom is -0.491 e. The maximum absolute atomic E-state index is 14.9. The minimum atomic E-state index is -1.27. The molecular formula is C30H32F4O2. The molecular weight excluding hydrogens is 468 g/mol. The summed E-state index contributed by atoms with van der Waals surface area (Å²) in [6.45, 7) is 4.57. The largest absolute Gasteiger partial charge is 0.491 e. The van der Waals surface area contributed by atoms with E-state index in [2.05, 4.69) is 31.2 Å². The van der Waals surface area contributed by atoms with E-state index in [0.29, 0.717) is 25.4 Å². The molecule has 2 unspecified atom stereocenters. The third-order valence-electron chi connectivity index (χ3n) is 6.89. The molecule has 0 N–H and O–H groups in total. The third kappa shape index (κ3) is 5.75. The van der Waals surface area contributed by atoms with Gasteiger partial charge in [-0.3, -0.25) is 0 Å². The van der Waals surface area contributed by atoms with E-state index < -0.39 is 23.3 Å². The van der Waals surface area contributed by atoms with Gasteiger partial charge in [-0.05, 0) is 67.9 Å². The summed E-state index contributed by atoms with van der Waals surface area (Å²) in [7, 11) is 0. The van der Waals surface area contributed by atoms with Gasteiger partial charge in [-0.1, -0.05) is 49.7 Å². The lowest BCUT2D eigenvalue weighted by molar-refractivity contribution is -0.000670. The van der Waals surface area contributed by atoms with Crippen LogP contribution in [0.25, 0.3) is 11.1 Å². The van der Waals surface area contributed by atoms with Gasteiger partial charge in [0.05, 0.1) is 19.3 Å². The number of hydrogen-bond acceptors (Lipinski definition) is 2. The van der Waals surface area contributed by atoms with E-state index in [4.69, 9.17) is 9.47 Å². The van der Waals surface area contributed by atoms with Crippen LogP contribution in [0.4, 0.5) is 17.6 Å². The van der Waals surface area contributed by atoms with Crippen LogP contribution in [0.15, 0.2) is 48.5 Å². The highest BCUT2D eigenvalue weighted by atomic mass is 19.2. The van der Waals surface area contributed by atoms with Crippen molar-refractivity contribution in [2.75, 3.05) is 13.2 Å². The van der Waals surface area contributed by atoms with Gasteiger partial charge in [-0.25, -0.2) is 13.2 Å². The number of ether oxygens (including phenoxy) is 2. The highest BCUT2D eigenvalue weighted by Gasteiger charge is 2.25. The summed E-state index contributed by atoms with van der Waals surface area (Å²) in [4.78, 5) is 0. The SMILES string of the molecule is CCCc1ccc(C2CCC(CCc3ccc(-c4ccc(OCC)c(F)c4F)c(F)c3F)OC2)cc1. The highest BCUT2D eigenvalue weighted by molar-refractivity contribution is 5.66. The zero-order valence-electron chi connectivity index (χ0n) is 20.8. The van der Waals surface area contributed by atoms with Crippen LogP contribution in [0.2, 0.25) is 0 Å². The van der Waals surface area contributed by atoms with Crippen molar-refractivity contribution in [3.05, 3.63) is 88.5 Å². The molecule has 2 nitrogen and oxygen atoms in total. The Morgan fingerprint density at radius 3 is 2.11 bits per heavy atom. The maximum atomic E-state index is 14.9. The van der Waals surface area contributed by atoms with Crippen LogP contribution >= 0.6 is 0 Å². The summed E-state index contributed by atoms with van der Waals surface area (Å²) in [5.41, 5.74) is 2.14. The fourth-order valence-electron chi connectivity index (χ4n) is 4.86. The van der Waals surface area contributed by atoms with Crippen LogP contribution in [0.5, 0.6) is 5.75 Å². The first-order valence-electron chi connectivity index (χ1n) is 12.7. The summed E-state index contributed by atoms with van der Waals surface area (Å²) in [5, 5.41) is 0. The van der Waals surface area contributed by atoms with Crippen LogP contribution in [0.1, 0.15) is 62.1 Å². The molecule has 0 spiro atoms. The molecule has 0 radical (unpaired) electrons. The second-order valence-corrected chi connectivity index (χ2v) is 9.33. The fraction of sp³-hybridized carbons (Fsp3) is 0.400. The van der Waals surface area contributed by atoms with Crippen LogP contribution in [-0.4, -0.2) is 19.3 Å². The predicted octanol–water partition coefficient (Wildman–Crippen LogP) is 8.16. The highest BCUT2D eigenvalue weighted by Crippen LogP contribution is 2.34. The van der Waals surface area contributed by atoms with Crippen molar-refractivity contribution in [1.82, 2.24) is 0 Å². The molecule has 192 valence electrons. The molecule has 1 fully saturated rings. The summed E-state index contributed by atoms with van der Waals surface area (Å²) < 4.78 is 69.5. The van der Waals surface area contributed by atoms with Crippen LogP contribution in [0.3, 0.4) is 0 Å². The third-order valence-corrected chi connectivity index (χ3v) is 6.89. The molecule has 3 aromatic rings. The van der Waals surface area contributed by atoms with Crippen molar-refractivity contribution >= 4 is 0 Å². The predicted molar refractivity (Wildman–Crippen MR) is 133 cm³/mol. The summed E-state index contributed by atoms with van der Waals surface area (Å²) >= 11 is 0. The molecule has 0 aliphatic carbocycles. The second-order valence-electron chi connectivity index (χ2n) is 9.33. The second kappa shape index (κ2) is 11.9. The molecule has 1 aliphatic heterocycles. The van der Waals surface area contributed by atoms with Gasteiger partial charge < -0.3 is 9.47 Å². The van der Waals surface area contributed by atoms with Gasteiger partial charge in [0.25, 0.3) is 0 Å². The van der Waals surface area contributed by atoms with Crippen LogP contribution < -0.4 is 4.74 Å². The summed E-state index contributed by atoms with van der Waals surface area (Å²) in [5.74, 6) is -4.64. The van der Waals surface area contributed by atoms with Crippen molar-refractivity contribution in [2.24, 2.45) is 0 Å². The molecule has 0 amide bonds. The first-order chi connectivity index (χ1) is 17.4. The van der Waals surface area contributed by atoms with Gasteiger partial charge >= 0.3 is 0 Å². The van der Waals surface area contributed by atoms with Gasteiger partial charge in [0.1, 0.15) is 0 Å². The van der Waals surface area contributed by atoms with Crippen molar-refractivity contribution in [3.8, 4) is 16.9 Å². The van der Waals surface area contributed by atoms with E-state index in [-0.39, 0.29) is 35.2 Å². The average Bonchev–Trinajstić information content (AvgIpc) is 2.89. The zero-order valence-corrected chi connectivity index (χ0v) is 20.8. The van der Waals surface area contributed by atoms with Crippen molar-refractivity contribution < 1.29 is 27.0 Å². The summed E-state index contributed by atoms with van der Waals surface area (Å²) in [6.07, 6.45) is 4.86. The van der Waals surface area contributed by atoms with Gasteiger partial charge in [-0.15, -0.1) is 0 Å². The lowest BCUT2D eigenvalue weighted by atomic mass is 9.89. The summed E-state index contributed by atoms with van der Waals surface area (Å²) in [6, 6.07) is 13.9. The lowest BCUT2D eigenvalue weighted by Gasteiger charge is -2.29. The molecule has 0 saturated carbocycles. The molecule has 0 bridgehead atoms. The Hall–Kier alpha value is -2.86. The number of halogens is 4. The molecule has 6 heteroatoms. The molecule has 4 rings (SSSR count). The number of benzene rings is 3. The van der Waals surface area contributed by atoms with Crippen molar-refractivity contribution in [2.45, 2.75) is 64.4 Å². The minimum absolute atomic E-state index is 0.0274. The molecule has 0 aromatic heterocycles. The number of rotatable bonds is 9. The monoisotopic (exact) mass is 500 g/mol. The van der Waals surface area contributed by atoms with Gasteiger partial charge in [0.15, 0.2) is 23.2 Å². The first-order valence-corrected chi connectivity index (χ1v) is 12.7. The molecule has 36 heavy (non-hydrogen) atoms. The van der Waals surface area contributed by atoms with Gasteiger partial charge in [0.2, 0.25) is 5.82 Å². The van der Waals surface area contributed by atoms with E-state index in [1.807, 2.05) is 0 Å². The van der Waals surface area contributed by atoms with E-state index in [1.165, 1.54) is 35.4 Å². The molecule has 1 saturated heterocycles. The first kappa shape index (κ1) is 26.2. The van der Waals surface area contributed by atoms with Crippen LogP contribution in [0, 0.1) is 23.3 Å². The average molecular weight is 501 g/mol. The molecule has 1 heterocycles. The normalized spacial score (nSPS) is 17.8. The topological polar surface area (TPSA) is 18.5 Å². The molecule has 1 aliphatic rings. The van der Waals surface area contributed by atoms with Gasteiger partial charge in [0, 0.05) is 17.0 Å². The zero-order chi connectivity index (χ0) is 25.7. The maximum Gasteiger partial charge on any atom is 0.201 e. The Morgan fingerprint density at radius 2 is 1.47 bits per heavy atom. The quantitative estimate of drug-likeness (QED) is 0.276. The molecule has 2 atom stereocenters. The Labute approximate surface area is 210 Å². The van der Waals surface area contributed by atoms with E-state index in [0.717, 1.165) is 25.7 Å². The standard InChI is InChI=1S/C30H32F4O2/c1-3-5-19-6-8-20(9-7-19)22-11-14-23(36-18-22)13-10-21-12-15-24(28(32)27(21)31)25-16-17-26(35-4-2)30(34)29(25)33/h6-9,12,15-17,22-23H,3-5,10-11,13-14,18H2,1-2H3. The van der Waals surface area contributed by atoms with E-state index in [1.54, 1.807) is 6.92 Å². The Morgan fingerprint density at radius 1 is 0.778 bits per heavy atom.